The summed E-state index contributed by atoms with van der Waals surface area (Å²) >= 11 is 0. The Morgan fingerprint density at radius 3 is 2.16 bits per heavy atom. The van der Waals surface area contributed by atoms with E-state index in [0.717, 1.165) is 17.4 Å². The second-order valence-corrected chi connectivity index (χ2v) is 7.60. The van der Waals surface area contributed by atoms with E-state index in [2.05, 4.69) is 50.4 Å². The highest BCUT2D eigenvalue weighted by Crippen LogP contribution is 2.37. The van der Waals surface area contributed by atoms with Crippen molar-refractivity contribution < 1.29 is 4.74 Å². The summed E-state index contributed by atoms with van der Waals surface area (Å²) in [5.41, 5.74) is 1.37. The summed E-state index contributed by atoms with van der Waals surface area (Å²) in [6.07, 6.45) is 5.14. The minimum Gasteiger partial charge on any atom is -0.457 e. The Kier molecular flexibility index (Phi) is 6.14. The van der Waals surface area contributed by atoms with E-state index in [9.17, 15) is 0 Å². The summed E-state index contributed by atoms with van der Waals surface area (Å²) in [5, 5.41) is 3.96. The smallest absolute Gasteiger partial charge is 0.127 e. The molecule has 0 saturated heterocycles. The van der Waals surface area contributed by atoms with E-state index in [1.807, 2.05) is 30.3 Å². The lowest BCUT2D eigenvalue weighted by molar-refractivity contribution is 0.312. The molecule has 1 aliphatic rings. The van der Waals surface area contributed by atoms with Crippen LogP contribution in [0, 0.1) is 11.8 Å². The topological polar surface area (TPSA) is 21.3 Å². The molecule has 3 rings (SSSR count). The van der Waals surface area contributed by atoms with E-state index in [0.29, 0.717) is 18.0 Å². The van der Waals surface area contributed by atoms with Gasteiger partial charge in [-0.1, -0.05) is 57.5 Å². The maximum atomic E-state index is 5.92. The number of nitrogens with one attached hydrogen (secondary N) is 1. The average Bonchev–Trinajstić information content (AvgIpc) is 3.45. The third-order valence-corrected chi connectivity index (χ3v) is 5.08. The van der Waals surface area contributed by atoms with Gasteiger partial charge in [-0.3, -0.25) is 0 Å². The van der Waals surface area contributed by atoms with Crippen LogP contribution in [0.1, 0.15) is 58.1 Å². The fraction of sp³-hybridized carbons (Fsp3) is 0.478. The summed E-state index contributed by atoms with van der Waals surface area (Å²) in [6, 6.07) is 19.6. The summed E-state index contributed by atoms with van der Waals surface area (Å²) in [4.78, 5) is 0. The van der Waals surface area contributed by atoms with Gasteiger partial charge in [0.1, 0.15) is 11.5 Å². The largest absolute Gasteiger partial charge is 0.457 e. The van der Waals surface area contributed by atoms with Crippen LogP contribution in [0.5, 0.6) is 11.5 Å². The quantitative estimate of drug-likeness (QED) is 0.576. The molecule has 0 spiro atoms. The molecule has 0 bridgehead atoms. The summed E-state index contributed by atoms with van der Waals surface area (Å²) < 4.78 is 5.92. The average molecular weight is 338 g/mol. The normalized spacial score (nSPS) is 16.6. The van der Waals surface area contributed by atoms with Gasteiger partial charge in [0.05, 0.1) is 0 Å². The number of para-hydroxylation sites is 1. The first-order valence-electron chi connectivity index (χ1n) is 9.76. The van der Waals surface area contributed by atoms with E-state index in [-0.39, 0.29) is 0 Å². The number of hydrogen-bond acceptors (Lipinski definition) is 2. The van der Waals surface area contributed by atoms with E-state index >= 15 is 0 Å². The van der Waals surface area contributed by atoms with Crippen LogP contribution in [0.15, 0.2) is 54.6 Å². The first-order valence-corrected chi connectivity index (χ1v) is 9.76. The molecular formula is C23H31NO. The highest BCUT2D eigenvalue weighted by Gasteiger charge is 2.34. The standard InChI is InChI=1S/C23H31NO/c1-4-8-22(24-23(17(2)3)19-11-12-19)18-13-15-21(16-14-18)25-20-9-6-5-7-10-20/h5-7,9-10,13-17,19,22-24H,4,8,11-12H2,1-3H3. The van der Waals surface area contributed by atoms with Crippen LogP contribution in [0.25, 0.3) is 0 Å². The molecule has 2 atom stereocenters. The molecule has 2 heteroatoms. The van der Waals surface area contributed by atoms with Crippen molar-refractivity contribution >= 4 is 0 Å². The van der Waals surface area contributed by atoms with Gasteiger partial charge in [-0.15, -0.1) is 0 Å². The van der Waals surface area contributed by atoms with Crippen molar-refractivity contribution in [2.45, 2.75) is 58.5 Å². The Balaban J connectivity index is 1.68. The van der Waals surface area contributed by atoms with E-state index < -0.39 is 0 Å². The van der Waals surface area contributed by atoms with Crippen LogP contribution in [-0.4, -0.2) is 6.04 Å². The van der Waals surface area contributed by atoms with Gasteiger partial charge >= 0.3 is 0 Å². The Bertz CT molecular complexity index is 629. The lowest BCUT2D eigenvalue weighted by Crippen LogP contribution is -2.38. The third kappa shape index (κ3) is 5.09. The Labute approximate surface area is 152 Å². The summed E-state index contributed by atoms with van der Waals surface area (Å²) in [5.74, 6) is 3.34. The molecule has 0 heterocycles. The molecule has 1 N–H and O–H groups in total. The number of rotatable bonds is 9. The van der Waals surface area contributed by atoms with Crippen LogP contribution in [0.3, 0.4) is 0 Å². The Hall–Kier alpha value is -1.80. The van der Waals surface area contributed by atoms with Crippen LogP contribution >= 0.6 is 0 Å². The Morgan fingerprint density at radius 2 is 1.60 bits per heavy atom. The predicted molar refractivity (Wildman–Crippen MR) is 105 cm³/mol. The first-order chi connectivity index (χ1) is 12.2. The van der Waals surface area contributed by atoms with Crippen molar-refractivity contribution in [1.29, 1.82) is 0 Å². The molecule has 0 aliphatic heterocycles. The monoisotopic (exact) mass is 337 g/mol. The lowest BCUT2D eigenvalue weighted by Gasteiger charge is -2.29. The van der Waals surface area contributed by atoms with Crippen LogP contribution < -0.4 is 10.1 Å². The van der Waals surface area contributed by atoms with Gasteiger partial charge in [0.25, 0.3) is 0 Å². The van der Waals surface area contributed by atoms with Crippen molar-refractivity contribution in [3.63, 3.8) is 0 Å². The second-order valence-electron chi connectivity index (χ2n) is 7.60. The number of hydrogen-bond donors (Lipinski definition) is 1. The van der Waals surface area contributed by atoms with Gasteiger partial charge in [0.15, 0.2) is 0 Å². The molecular weight excluding hydrogens is 306 g/mol. The van der Waals surface area contributed by atoms with E-state index in [1.54, 1.807) is 0 Å². The fourth-order valence-electron chi connectivity index (χ4n) is 3.59. The molecule has 0 aromatic heterocycles. The minimum atomic E-state index is 0.434. The summed E-state index contributed by atoms with van der Waals surface area (Å²) in [6.45, 7) is 6.95. The zero-order chi connectivity index (χ0) is 17.6. The zero-order valence-electron chi connectivity index (χ0n) is 15.7. The van der Waals surface area contributed by atoms with Crippen LogP contribution in [-0.2, 0) is 0 Å². The van der Waals surface area contributed by atoms with Gasteiger partial charge in [-0.05, 0) is 60.9 Å². The van der Waals surface area contributed by atoms with Gasteiger partial charge in [0, 0.05) is 12.1 Å². The highest BCUT2D eigenvalue weighted by molar-refractivity contribution is 5.34. The molecule has 0 amide bonds. The molecule has 1 saturated carbocycles. The van der Waals surface area contributed by atoms with Gasteiger partial charge in [-0.2, -0.15) is 0 Å². The maximum Gasteiger partial charge on any atom is 0.127 e. The van der Waals surface area contributed by atoms with Gasteiger partial charge in [0.2, 0.25) is 0 Å². The second kappa shape index (κ2) is 8.53. The van der Waals surface area contributed by atoms with Gasteiger partial charge < -0.3 is 10.1 Å². The molecule has 134 valence electrons. The van der Waals surface area contributed by atoms with E-state index in [1.165, 1.54) is 31.2 Å². The van der Waals surface area contributed by atoms with Crippen molar-refractivity contribution in [3.8, 4) is 11.5 Å². The number of benzene rings is 2. The van der Waals surface area contributed by atoms with Gasteiger partial charge in [-0.25, -0.2) is 0 Å². The van der Waals surface area contributed by atoms with Crippen molar-refractivity contribution in [2.24, 2.45) is 11.8 Å². The minimum absolute atomic E-state index is 0.434. The maximum absolute atomic E-state index is 5.92. The highest BCUT2D eigenvalue weighted by atomic mass is 16.5. The molecule has 2 unspecified atom stereocenters. The molecule has 2 aromatic rings. The molecule has 2 nitrogen and oxygen atoms in total. The van der Waals surface area contributed by atoms with E-state index in [4.69, 9.17) is 4.74 Å². The SMILES string of the molecule is CCCC(NC(C(C)C)C1CC1)c1ccc(Oc2ccccc2)cc1. The molecule has 1 fully saturated rings. The fourth-order valence-corrected chi connectivity index (χ4v) is 3.59. The zero-order valence-corrected chi connectivity index (χ0v) is 15.7. The summed E-state index contributed by atoms with van der Waals surface area (Å²) in [7, 11) is 0. The van der Waals surface area contributed by atoms with Crippen molar-refractivity contribution in [2.75, 3.05) is 0 Å². The van der Waals surface area contributed by atoms with Crippen molar-refractivity contribution in [1.82, 2.24) is 5.32 Å². The lowest BCUT2D eigenvalue weighted by atomic mass is 9.95. The molecule has 1 aliphatic carbocycles. The molecule has 0 radical (unpaired) electrons. The number of ether oxygens (including phenoxy) is 1. The van der Waals surface area contributed by atoms with Crippen molar-refractivity contribution in [3.05, 3.63) is 60.2 Å². The van der Waals surface area contributed by atoms with Crippen LogP contribution in [0.4, 0.5) is 0 Å². The predicted octanol–water partition coefficient (Wildman–Crippen LogP) is 6.34. The first kappa shape index (κ1) is 18.0. The van der Waals surface area contributed by atoms with Crippen LogP contribution in [0.2, 0.25) is 0 Å². The molecule has 2 aromatic carbocycles. The Morgan fingerprint density at radius 1 is 0.960 bits per heavy atom. The molecule has 25 heavy (non-hydrogen) atoms. The third-order valence-electron chi connectivity index (χ3n) is 5.08.